The lowest BCUT2D eigenvalue weighted by atomic mass is 9.85. The number of amides is 4. The van der Waals surface area contributed by atoms with E-state index < -0.39 is 41.3 Å². The summed E-state index contributed by atoms with van der Waals surface area (Å²) in [5, 5.41) is 20.5. The van der Waals surface area contributed by atoms with Crippen molar-refractivity contribution < 1.29 is 19.2 Å². The van der Waals surface area contributed by atoms with E-state index in [4.69, 9.17) is 0 Å². The van der Waals surface area contributed by atoms with E-state index in [9.17, 15) is 24.4 Å². The van der Waals surface area contributed by atoms with E-state index in [0.717, 1.165) is 12.8 Å². The SMILES string of the molecule is CC(C)(C)[C@H](NC(=O)c1cnccn1)C(=O)N[C@@H](CC1CC1)C(=O)N[C@H](C#N)C[C@@H]1CCNC1=O. The molecular weight excluding hydrogens is 450 g/mol. The average Bonchev–Trinajstić information content (AvgIpc) is 3.55. The van der Waals surface area contributed by atoms with Crippen LogP contribution in [0.3, 0.4) is 0 Å². The van der Waals surface area contributed by atoms with Crippen LogP contribution in [0.1, 0.15) is 63.4 Å². The molecule has 1 aromatic rings. The van der Waals surface area contributed by atoms with Gasteiger partial charge in [0.1, 0.15) is 23.8 Å². The van der Waals surface area contributed by atoms with E-state index in [1.807, 2.05) is 20.8 Å². The predicted octanol–water partition coefficient (Wildman–Crippen LogP) is 0.441. The molecule has 4 amide bonds. The summed E-state index contributed by atoms with van der Waals surface area (Å²) in [6.45, 7) is 5.98. The van der Waals surface area contributed by atoms with E-state index >= 15 is 0 Å². The highest BCUT2D eigenvalue weighted by Gasteiger charge is 2.38. The van der Waals surface area contributed by atoms with Crippen LogP contribution in [-0.2, 0) is 14.4 Å². The number of nitriles is 1. The summed E-state index contributed by atoms with van der Waals surface area (Å²) in [6.07, 6.45) is 7.35. The van der Waals surface area contributed by atoms with E-state index in [1.165, 1.54) is 18.6 Å². The Morgan fingerprint density at radius 2 is 1.86 bits per heavy atom. The Kier molecular flexibility index (Phi) is 8.38. The number of hydrogen-bond acceptors (Lipinski definition) is 7. The van der Waals surface area contributed by atoms with E-state index in [0.29, 0.717) is 25.3 Å². The van der Waals surface area contributed by atoms with Gasteiger partial charge < -0.3 is 21.3 Å². The first-order valence-electron chi connectivity index (χ1n) is 11.9. The number of rotatable bonds is 10. The van der Waals surface area contributed by atoms with Gasteiger partial charge >= 0.3 is 0 Å². The number of nitrogens with zero attached hydrogens (tertiary/aromatic N) is 3. The van der Waals surface area contributed by atoms with Crippen LogP contribution in [0, 0.1) is 28.6 Å². The normalized spacial score (nSPS) is 20.1. The maximum absolute atomic E-state index is 13.3. The molecule has 2 heterocycles. The summed E-state index contributed by atoms with van der Waals surface area (Å²) in [7, 11) is 0. The third-order valence-corrected chi connectivity index (χ3v) is 6.25. The number of hydrogen-bond donors (Lipinski definition) is 4. The summed E-state index contributed by atoms with van der Waals surface area (Å²) in [5.74, 6) is -1.64. The molecule has 0 spiro atoms. The van der Waals surface area contributed by atoms with Crippen molar-refractivity contribution >= 4 is 23.6 Å². The Hall–Kier alpha value is -3.55. The van der Waals surface area contributed by atoms with Crippen molar-refractivity contribution in [2.24, 2.45) is 17.3 Å². The molecule has 1 aromatic heterocycles. The van der Waals surface area contributed by atoms with Gasteiger partial charge in [-0.15, -0.1) is 0 Å². The van der Waals surface area contributed by atoms with Gasteiger partial charge in [-0.1, -0.05) is 33.6 Å². The summed E-state index contributed by atoms with van der Waals surface area (Å²) >= 11 is 0. The van der Waals surface area contributed by atoms with Gasteiger partial charge in [-0.25, -0.2) is 4.98 Å². The van der Waals surface area contributed by atoms with Gasteiger partial charge in [0.2, 0.25) is 17.7 Å². The van der Waals surface area contributed by atoms with Crippen molar-refractivity contribution in [1.82, 2.24) is 31.2 Å². The minimum absolute atomic E-state index is 0.0784. The second-order valence-electron chi connectivity index (χ2n) is 10.3. The molecule has 3 rings (SSSR count). The van der Waals surface area contributed by atoms with Gasteiger partial charge in [0, 0.05) is 24.9 Å². The molecule has 11 nitrogen and oxygen atoms in total. The number of carbonyl (C=O) groups excluding carboxylic acids is 4. The molecular formula is C24H33N7O4. The Morgan fingerprint density at radius 1 is 1.11 bits per heavy atom. The third kappa shape index (κ3) is 7.47. The Bertz CT molecular complexity index is 982. The molecule has 0 aromatic carbocycles. The molecule has 1 saturated heterocycles. The van der Waals surface area contributed by atoms with Crippen molar-refractivity contribution in [3.8, 4) is 6.07 Å². The van der Waals surface area contributed by atoms with Crippen LogP contribution in [0.4, 0.5) is 0 Å². The molecule has 1 saturated carbocycles. The molecule has 1 aliphatic carbocycles. The quantitative estimate of drug-likeness (QED) is 0.375. The largest absolute Gasteiger partial charge is 0.356 e. The molecule has 35 heavy (non-hydrogen) atoms. The summed E-state index contributed by atoms with van der Waals surface area (Å²) in [5.41, 5.74) is -0.581. The predicted molar refractivity (Wildman–Crippen MR) is 125 cm³/mol. The van der Waals surface area contributed by atoms with E-state index in [-0.39, 0.29) is 23.9 Å². The van der Waals surface area contributed by atoms with Gasteiger partial charge in [0.25, 0.3) is 5.91 Å². The number of nitrogens with one attached hydrogen (secondary N) is 4. The van der Waals surface area contributed by atoms with Gasteiger partial charge in [0.05, 0.1) is 12.3 Å². The molecule has 4 atom stereocenters. The van der Waals surface area contributed by atoms with Crippen LogP contribution in [0.15, 0.2) is 18.6 Å². The van der Waals surface area contributed by atoms with Crippen LogP contribution in [0.5, 0.6) is 0 Å². The highest BCUT2D eigenvalue weighted by molar-refractivity contribution is 5.97. The minimum Gasteiger partial charge on any atom is -0.356 e. The Balaban J connectivity index is 1.68. The smallest absolute Gasteiger partial charge is 0.272 e. The first kappa shape index (κ1) is 26.1. The van der Waals surface area contributed by atoms with Crippen molar-refractivity contribution in [2.45, 2.75) is 71.0 Å². The molecule has 188 valence electrons. The highest BCUT2D eigenvalue weighted by Crippen LogP contribution is 2.34. The number of carbonyl (C=O) groups is 4. The zero-order valence-corrected chi connectivity index (χ0v) is 20.3. The molecule has 11 heteroatoms. The zero-order chi connectivity index (χ0) is 25.6. The van der Waals surface area contributed by atoms with Crippen LogP contribution in [0.25, 0.3) is 0 Å². The lowest BCUT2D eigenvalue weighted by molar-refractivity contribution is -0.131. The topological polar surface area (TPSA) is 166 Å². The van der Waals surface area contributed by atoms with Crippen molar-refractivity contribution in [3.05, 3.63) is 24.3 Å². The molecule has 0 radical (unpaired) electrons. The van der Waals surface area contributed by atoms with E-state index in [2.05, 4.69) is 37.3 Å². The van der Waals surface area contributed by atoms with Crippen LogP contribution in [0.2, 0.25) is 0 Å². The zero-order valence-electron chi connectivity index (χ0n) is 20.3. The molecule has 1 aliphatic heterocycles. The monoisotopic (exact) mass is 483 g/mol. The second kappa shape index (κ2) is 11.3. The second-order valence-corrected chi connectivity index (χ2v) is 10.3. The fraction of sp³-hybridized carbons (Fsp3) is 0.625. The van der Waals surface area contributed by atoms with Gasteiger partial charge in [-0.3, -0.25) is 24.2 Å². The third-order valence-electron chi connectivity index (χ3n) is 6.25. The summed E-state index contributed by atoms with van der Waals surface area (Å²) in [6, 6.07) is -0.592. The van der Waals surface area contributed by atoms with E-state index in [1.54, 1.807) is 0 Å². The van der Waals surface area contributed by atoms with Crippen LogP contribution >= 0.6 is 0 Å². The molecule has 4 N–H and O–H groups in total. The molecule has 0 bridgehead atoms. The maximum atomic E-state index is 13.3. The lowest BCUT2D eigenvalue weighted by Gasteiger charge is -2.32. The Morgan fingerprint density at radius 3 is 2.40 bits per heavy atom. The van der Waals surface area contributed by atoms with Crippen molar-refractivity contribution in [1.29, 1.82) is 5.26 Å². The fourth-order valence-corrected chi connectivity index (χ4v) is 4.04. The van der Waals surface area contributed by atoms with Crippen molar-refractivity contribution in [3.63, 3.8) is 0 Å². The fourth-order valence-electron chi connectivity index (χ4n) is 4.04. The summed E-state index contributed by atoms with van der Waals surface area (Å²) < 4.78 is 0. The van der Waals surface area contributed by atoms with Crippen LogP contribution in [-0.4, -0.2) is 58.3 Å². The molecule has 2 aliphatic rings. The standard InChI is InChI=1S/C24H33N7O4/c1-24(2,3)19(31-22(34)18-13-26-8-9-27-18)23(35)30-17(10-14-4-5-14)21(33)29-16(12-25)11-15-6-7-28-20(15)32/h8-9,13-17,19H,4-7,10-11H2,1-3H3,(H,28,32)(H,29,33)(H,30,35)(H,31,34)/t15-,16-,17-,19+/m0/s1. The van der Waals surface area contributed by atoms with Crippen LogP contribution < -0.4 is 21.3 Å². The maximum Gasteiger partial charge on any atom is 0.272 e. The minimum atomic E-state index is -0.944. The lowest BCUT2D eigenvalue weighted by Crippen LogP contribution is -2.58. The molecule has 2 fully saturated rings. The van der Waals surface area contributed by atoms with Crippen molar-refractivity contribution in [2.75, 3.05) is 6.54 Å². The molecule has 0 unspecified atom stereocenters. The summed E-state index contributed by atoms with van der Waals surface area (Å²) in [4.78, 5) is 58.8. The van der Waals surface area contributed by atoms with Gasteiger partial charge in [0.15, 0.2) is 0 Å². The Labute approximate surface area is 204 Å². The van der Waals surface area contributed by atoms with Gasteiger partial charge in [-0.05, 0) is 30.6 Å². The highest BCUT2D eigenvalue weighted by atomic mass is 16.2. The first-order valence-corrected chi connectivity index (χ1v) is 11.9. The number of aromatic nitrogens is 2. The average molecular weight is 484 g/mol. The first-order chi connectivity index (χ1) is 16.6. The van der Waals surface area contributed by atoms with Gasteiger partial charge in [-0.2, -0.15) is 5.26 Å².